The second kappa shape index (κ2) is 7.65. The van der Waals surface area contributed by atoms with Gasteiger partial charge in [-0.05, 0) is 26.3 Å². The number of rotatable bonds is 6. The van der Waals surface area contributed by atoms with Crippen molar-refractivity contribution in [3.8, 4) is 0 Å². The number of esters is 1. The van der Waals surface area contributed by atoms with Crippen molar-refractivity contribution in [2.75, 3.05) is 0 Å². The van der Waals surface area contributed by atoms with Gasteiger partial charge in [-0.15, -0.1) is 0 Å². The first-order valence-electron chi connectivity index (χ1n) is 6.70. The molecule has 0 spiro atoms. The Hall–Kier alpha value is -1.88. The molecular formula is C15H22N2O3. The van der Waals surface area contributed by atoms with Gasteiger partial charge < -0.3 is 15.8 Å². The molecule has 1 unspecified atom stereocenters. The van der Waals surface area contributed by atoms with Crippen molar-refractivity contribution in [1.29, 1.82) is 0 Å². The molecule has 0 saturated heterocycles. The highest BCUT2D eigenvalue weighted by molar-refractivity contribution is 5.82. The predicted octanol–water partition coefficient (Wildman–Crippen LogP) is 1.53. The summed E-state index contributed by atoms with van der Waals surface area (Å²) in [7, 11) is 0. The van der Waals surface area contributed by atoms with Crippen LogP contribution in [-0.2, 0) is 14.3 Å². The minimum absolute atomic E-state index is 0.0840. The summed E-state index contributed by atoms with van der Waals surface area (Å²) < 4.78 is 5.12. The number of benzene rings is 1. The zero-order valence-electron chi connectivity index (χ0n) is 12.1. The molecule has 0 saturated carbocycles. The van der Waals surface area contributed by atoms with E-state index in [9.17, 15) is 9.59 Å². The molecule has 0 heterocycles. The van der Waals surface area contributed by atoms with Gasteiger partial charge in [0.05, 0.1) is 24.6 Å². The molecule has 3 N–H and O–H groups in total. The zero-order valence-corrected chi connectivity index (χ0v) is 12.1. The standard InChI is InChI=1S/C15H22N2O3/c1-10(2)20-14(18)9-13(17-15(19)11(3)16)12-7-5-4-6-8-12/h4-8,10-11,13H,9,16H2,1-3H3,(H,17,19)/t11-,13?/m1/s1. The van der Waals surface area contributed by atoms with Gasteiger partial charge in [-0.2, -0.15) is 0 Å². The van der Waals surface area contributed by atoms with E-state index in [1.807, 2.05) is 30.3 Å². The van der Waals surface area contributed by atoms with Gasteiger partial charge in [0.15, 0.2) is 0 Å². The Morgan fingerprint density at radius 3 is 2.30 bits per heavy atom. The van der Waals surface area contributed by atoms with Gasteiger partial charge in [0, 0.05) is 0 Å². The van der Waals surface area contributed by atoms with Gasteiger partial charge in [-0.3, -0.25) is 9.59 Å². The van der Waals surface area contributed by atoms with E-state index >= 15 is 0 Å². The predicted molar refractivity (Wildman–Crippen MR) is 76.8 cm³/mol. The lowest BCUT2D eigenvalue weighted by molar-refractivity contribution is -0.148. The van der Waals surface area contributed by atoms with Crippen molar-refractivity contribution in [3.05, 3.63) is 35.9 Å². The fraction of sp³-hybridized carbons (Fsp3) is 0.467. The number of amides is 1. The minimum atomic E-state index is -0.623. The highest BCUT2D eigenvalue weighted by Crippen LogP contribution is 2.17. The molecule has 110 valence electrons. The molecule has 5 heteroatoms. The third kappa shape index (κ3) is 5.40. The Bertz CT molecular complexity index is 444. The average Bonchev–Trinajstić information content (AvgIpc) is 2.37. The summed E-state index contributed by atoms with van der Waals surface area (Å²) in [6.45, 7) is 5.18. The number of ether oxygens (including phenoxy) is 1. The lowest BCUT2D eigenvalue weighted by atomic mass is 10.0. The molecule has 0 aliphatic rings. The van der Waals surface area contributed by atoms with Crippen LogP contribution in [0.1, 0.15) is 38.8 Å². The van der Waals surface area contributed by atoms with Gasteiger partial charge >= 0.3 is 5.97 Å². The summed E-state index contributed by atoms with van der Waals surface area (Å²) in [5.41, 5.74) is 6.39. The summed E-state index contributed by atoms with van der Waals surface area (Å²) in [5, 5.41) is 2.77. The van der Waals surface area contributed by atoms with E-state index in [1.165, 1.54) is 0 Å². The number of hydrogen-bond acceptors (Lipinski definition) is 4. The molecule has 5 nitrogen and oxygen atoms in total. The van der Waals surface area contributed by atoms with Gasteiger partial charge in [0.1, 0.15) is 0 Å². The molecule has 0 bridgehead atoms. The number of carbonyl (C=O) groups excluding carboxylic acids is 2. The Labute approximate surface area is 119 Å². The van der Waals surface area contributed by atoms with E-state index in [0.717, 1.165) is 5.56 Å². The van der Waals surface area contributed by atoms with E-state index in [4.69, 9.17) is 10.5 Å². The minimum Gasteiger partial charge on any atom is -0.463 e. The summed E-state index contributed by atoms with van der Waals surface area (Å²) in [6, 6.07) is 8.25. The van der Waals surface area contributed by atoms with Crippen molar-refractivity contribution < 1.29 is 14.3 Å². The number of nitrogens with two attached hydrogens (primary N) is 1. The molecular weight excluding hydrogens is 256 g/mol. The molecule has 1 rings (SSSR count). The van der Waals surface area contributed by atoms with E-state index in [0.29, 0.717) is 0 Å². The van der Waals surface area contributed by atoms with Crippen LogP contribution < -0.4 is 11.1 Å². The van der Waals surface area contributed by atoms with Crippen LogP contribution in [0.3, 0.4) is 0 Å². The molecule has 0 aliphatic heterocycles. The average molecular weight is 278 g/mol. The van der Waals surface area contributed by atoms with Gasteiger partial charge in [0.2, 0.25) is 5.91 Å². The van der Waals surface area contributed by atoms with Crippen LogP contribution in [0.5, 0.6) is 0 Å². The fourth-order valence-electron chi connectivity index (χ4n) is 1.72. The Morgan fingerprint density at radius 2 is 1.80 bits per heavy atom. The van der Waals surface area contributed by atoms with Crippen LogP contribution >= 0.6 is 0 Å². The summed E-state index contributed by atoms with van der Waals surface area (Å²) in [4.78, 5) is 23.5. The van der Waals surface area contributed by atoms with Gasteiger partial charge in [-0.25, -0.2) is 0 Å². The largest absolute Gasteiger partial charge is 0.463 e. The maximum Gasteiger partial charge on any atom is 0.308 e. The first-order valence-corrected chi connectivity index (χ1v) is 6.70. The second-order valence-electron chi connectivity index (χ2n) is 5.00. The van der Waals surface area contributed by atoms with Crippen LogP contribution in [0.15, 0.2) is 30.3 Å². The number of nitrogens with one attached hydrogen (secondary N) is 1. The van der Waals surface area contributed by atoms with Crippen LogP contribution in [0.4, 0.5) is 0 Å². The molecule has 0 radical (unpaired) electrons. The van der Waals surface area contributed by atoms with Crippen LogP contribution in [-0.4, -0.2) is 24.0 Å². The van der Waals surface area contributed by atoms with Crippen LogP contribution in [0.2, 0.25) is 0 Å². The summed E-state index contributed by atoms with van der Waals surface area (Å²) in [6.07, 6.45) is -0.0937. The molecule has 2 atom stereocenters. The van der Waals surface area contributed by atoms with Crippen molar-refractivity contribution in [1.82, 2.24) is 5.32 Å². The van der Waals surface area contributed by atoms with Crippen LogP contribution in [0.25, 0.3) is 0 Å². The number of hydrogen-bond donors (Lipinski definition) is 2. The number of carbonyl (C=O) groups is 2. The summed E-state index contributed by atoms with van der Waals surface area (Å²) >= 11 is 0. The molecule has 20 heavy (non-hydrogen) atoms. The lowest BCUT2D eigenvalue weighted by Gasteiger charge is -2.20. The van der Waals surface area contributed by atoms with E-state index in [1.54, 1.807) is 20.8 Å². The normalized spacial score (nSPS) is 13.7. The third-order valence-corrected chi connectivity index (χ3v) is 2.67. The third-order valence-electron chi connectivity index (χ3n) is 2.67. The monoisotopic (exact) mass is 278 g/mol. The van der Waals surface area contributed by atoms with E-state index in [2.05, 4.69) is 5.32 Å². The van der Waals surface area contributed by atoms with Crippen molar-refractivity contribution >= 4 is 11.9 Å². The maximum absolute atomic E-state index is 11.8. The van der Waals surface area contributed by atoms with Gasteiger partial charge in [-0.1, -0.05) is 30.3 Å². The van der Waals surface area contributed by atoms with Crippen molar-refractivity contribution in [2.24, 2.45) is 5.73 Å². The molecule has 1 amide bonds. The highest BCUT2D eigenvalue weighted by atomic mass is 16.5. The first kappa shape index (κ1) is 16.2. The fourth-order valence-corrected chi connectivity index (χ4v) is 1.72. The highest BCUT2D eigenvalue weighted by Gasteiger charge is 2.21. The second-order valence-corrected chi connectivity index (χ2v) is 5.00. The zero-order chi connectivity index (χ0) is 15.1. The SMILES string of the molecule is CC(C)OC(=O)CC(NC(=O)[C@@H](C)N)c1ccccc1. The van der Waals surface area contributed by atoms with Crippen molar-refractivity contribution in [3.63, 3.8) is 0 Å². The quantitative estimate of drug-likeness (QED) is 0.773. The summed E-state index contributed by atoms with van der Waals surface area (Å²) in [5.74, 6) is -0.643. The Morgan fingerprint density at radius 1 is 1.20 bits per heavy atom. The smallest absolute Gasteiger partial charge is 0.308 e. The lowest BCUT2D eigenvalue weighted by Crippen LogP contribution is -2.41. The Balaban J connectivity index is 2.80. The molecule has 1 aromatic rings. The maximum atomic E-state index is 11.8. The topological polar surface area (TPSA) is 81.4 Å². The molecule has 0 aromatic heterocycles. The van der Waals surface area contributed by atoms with Crippen molar-refractivity contribution in [2.45, 2.75) is 45.4 Å². The Kier molecular flexibility index (Phi) is 6.18. The van der Waals surface area contributed by atoms with Crippen LogP contribution in [0, 0.1) is 0 Å². The first-order chi connectivity index (χ1) is 9.40. The molecule has 0 aliphatic carbocycles. The molecule has 1 aromatic carbocycles. The van der Waals surface area contributed by atoms with E-state index in [-0.39, 0.29) is 24.4 Å². The molecule has 0 fully saturated rings. The van der Waals surface area contributed by atoms with Gasteiger partial charge in [0.25, 0.3) is 0 Å². The van der Waals surface area contributed by atoms with E-state index < -0.39 is 12.1 Å².